The van der Waals surface area contributed by atoms with Crippen molar-refractivity contribution in [2.75, 3.05) is 102 Å². The van der Waals surface area contributed by atoms with Crippen LogP contribution in [-0.4, -0.2) is 311 Å². The molecule has 119 heavy (non-hydrogen) atoms. The highest BCUT2D eigenvalue weighted by molar-refractivity contribution is 7.99. The zero-order valence-electron chi connectivity index (χ0n) is 76.9. The summed E-state index contributed by atoms with van der Waals surface area (Å²) in [6, 6.07) is 0.816. The van der Waals surface area contributed by atoms with Gasteiger partial charge < -0.3 is 75.6 Å². The molecule has 13 amide bonds. The molecule has 1 fully saturated rings. The molecule has 1 saturated heterocycles. The number of nitrogens with zero attached hydrogens (tertiary/aromatic N) is 10. The van der Waals surface area contributed by atoms with E-state index in [1.165, 1.54) is 114 Å². The zero-order valence-corrected chi connectivity index (χ0v) is 77.7. The van der Waals surface area contributed by atoms with E-state index < -0.39 is 155 Å². The molecule has 1 heterocycles. The Morgan fingerprint density at radius 1 is 0.429 bits per heavy atom. The summed E-state index contributed by atoms with van der Waals surface area (Å²) in [6.07, 6.45) is 3.09. The Hall–Kier alpha value is -8.22. The standard InChI is InChI=1S/C89H150N14O15S/c1-28-67-84(113)100(25)72(53-119-46-34-33-45-104)87(116)96(21)69(48-55(4)5)79(108)93-73(58(10)11)88(117)97(22)68(47-54(2)3)78(107)90-61(15)77(106)91-62(16)81(110)98(23)70(49-56(6)7)85(114)99(24)71(50-57(8)9)86(115)101(26)74(59(12)13)89(118)102(27)75(80(109)92-67)76(105)60(14)35-31-29-30-32-44-103(51-63-36-40-65(41-37-63)82(111)94(17)18)52-64-38-42-66(43-39-64)83(112)95(19)20/h36-43,54-62,67-76,104-105H,28-35,44-53H2,1-27H3,(H,90,107)(H,91,106)(H,92,109)(H,93,108)/t60-,61+,62-,67+,68+,69+,70+,71+,72-,73+,74+,75+,76-/m1/s1. The van der Waals surface area contributed by atoms with Gasteiger partial charge in [0.25, 0.3) is 11.8 Å². The maximum Gasteiger partial charge on any atom is 0.253 e. The maximum absolute atomic E-state index is 15.8. The minimum atomic E-state index is -1.71. The zero-order chi connectivity index (χ0) is 90.5. The highest BCUT2D eigenvalue weighted by Crippen LogP contribution is 2.28. The van der Waals surface area contributed by atoms with Crippen LogP contribution >= 0.6 is 11.8 Å². The van der Waals surface area contributed by atoms with Crippen LogP contribution in [0.2, 0.25) is 0 Å². The first kappa shape index (κ1) is 105. The molecule has 0 bridgehead atoms. The number of likely N-dealkylation sites (N-methyl/N-ethyl adjacent to an activating group) is 7. The molecule has 29 nitrogen and oxygen atoms in total. The topological polar surface area (TPSA) is 343 Å². The fourth-order valence-corrected chi connectivity index (χ4v) is 16.2. The third kappa shape index (κ3) is 31.3. The van der Waals surface area contributed by atoms with Gasteiger partial charge in [0.2, 0.25) is 65.0 Å². The summed E-state index contributed by atoms with van der Waals surface area (Å²) in [5.74, 6) is -10.1. The predicted molar refractivity (Wildman–Crippen MR) is 468 cm³/mol. The number of benzene rings is 2. The van der Waals surface area contributed by atoms with Gasteiger partial charge in [0.1, 0.15) is 66.5 Å². The molecule has 0 radical (unpaired) electrons. The van der Waals surface area contributed by atoms with Gasteiger partial charge in [-0.3, -0.25) is 67.2 Å². The van der Waals surface area contributed by atoms with E-state index in [0.717, 1.165) is 28.9 Å². The molecule has 2 aromatic carbocycles. The summed E-state index contributed by atoms with van der Waals surface area (Å²) >= 11 is 1.35. The summed E-state index contributed by atoms with van der Waals surface area (Å²) < 4.78 is 0. The second-order valence-corrected chi connectivity index (χ2v) is 36.9. The van der Waals surface area contributed by atoms with Crippen molar-refractivity contribution in [3.63, 3.8) is 0 Å². The second-order valence-electron chi connectivity index (χ2n) is 35.7. The molecule has 13 atom stereocenters. The molecule has 0 saturated carbocycles. The summed E-state index contributed by atoms with van der Waals surface area (Å²) in [5, 5.41) is 33.9. The van der Waals surface area contributed by atoms with Gasteiger partial charge in [-0.25, -0.2) is 0 Å². The van der Waals surface area contributed by atoms with Crippen LogP contribution < -0.4 is 21.3 Å². The first-order chi connectivity index (χ1) is 55.6. The van der Waals surface area contributed by atoms with Crippen molar-refractivity contribution in [3.8, 4) is 0 Å². The van der Waals surface area contributed by atoms with Crippen LogP contribution in [0.15, 0.2) is 48.5 Å². The number of carbonyl (C=O) groups is 13. The lowest BCUT2D eigenvalue weighted by atomic mass is 9.90. The number of aliphatic hydroxyl groups is 2. The minimum absolute atomic E-state index is 0.00645. The van der Waals surface area contributed by atoms with Crippen LogP contribution in [-0.2, 0) is 65.8 Å². The first-order valence-corrected chi connectivity index (χ1v) is 44.0. The van der Waals surface area contributed by atoms with Gasteiger partial charge in [-0.05, 0) is 161 Å². The van der Waals surface area contributed by atoms with E-state index >= 15 is 33.6 Å². The Bertz CT molecular complexity index is 3570. The van der Waals surface area contributed by atoms with E-state index in [1.807, 2.05) is 104 Å². The number of hydrogen-bond acceptors (Lipinski definition) is 17. The van der Waals surface area contributed by atoms with E-state index in [-0.39, 0.29) is 79.9 Å². The van der Waals surface area contributed by atoms with Gasteiger partial charge in [-0.15, -0.1) is 0 Å². The number of rotatable bonds is 32. The van der Waals surface area contributed by atoms with Crippen LogP contribution in [0.4, 0.5) is 0 Å². The van der Waals surface area contributed by atoms with Gasteiger partial charge in [0, 0.05) is 114 Å². The summed E-state index contributed by atoms with van der Waals surface area (Å²) in [6.45, 7) is 29.9. The van der Waals surface area contributed by atoms with Crippen LogP contribution in [0, 0.1) is 41.4 Å². The molecule has 30 heteroatoms. The quantitative estimate of drug-likeness (QED) is 0.0393. The largest absolute Gasteiger partial charge is 0.396 e. The average Bonchev–Trinajstić information content (AvgIpc) is 0.805. The second kappa shape index (κ2) is 50.3. The smallest absolute Gasteiger partial charge is 0.253 e. The third-order valence-electron chi connectivity index (χ3n) is 22.5. The molecule has 0 spiro atoms. The number of amides is 13. The molecule has 0 aliphatic carbocycles. The molecule has 1 aliphatic rings. The SMILES string of the molecule is CC[C@@H]1NC(=O)[C@H]([C@H](O)[C@H](C)CCCCCCN(Cc2ccc(C(=O)N(C)C)cc2)Cc2ccc(C(=O)N(C)C)cc2)N(C)C(=O)[C@H](C(C)C)N(C)C(=O)[C@H](CC(C)C)N(C)C(=O)[C@H](CC(C)C)N(C)C(=O)[C@@H](C)NC(=O)[C@H](C)NC(=O)[C@H](CC(C)C)N(C)C(=O)[C@H](C(C)C)NC(=O)[C@H](CC(C)C)N(C)C(=O)[C@@H](CSCCCCO)N(C)C1=O. The molecular formula is C89H150N14O15S. The molecular weight excluding hydrogens is 1540 g/mol. The van der Waals surface area contributed by atoms with Crippen LogP contribution in [0.5, 0.6) is 0 Å². The predicted octanol–water partition coefficient (Wildman–Crippen LogP) is 7.23. The van der Waals surface area contributed by atoms with E-state index in [4.69, 9.17) is 0 Å². The lowest BCUT2D eigenvalue weighted by Crippen LogP contribution is -2.64. The number of thioether (sulfide) groups is 1. The van der Waals surface area contributed by atoms with E-state index in [0.29, 0.717) is 68.6 Å². The highest BCUT2D eigenvalue weighted by atomic mass is 32.2. The number of carbonyl (C=O) groups excluding carboxylic acids is 13. The minimum Gasteiger partial charge on any atom is -0.396 e. The number of unbranched alkanes of at least 4 members (excludes halogenated alkanes) is 4. The average molecular weight is 1690 g/mol. The molecule has 2 aromatic rings. The highest BCUT2D eigenvalue weighted by Gasteiger charge is 2.47. The normalized spacial score (nSPS) is 23.1. The molecule has 0 unspecified atom stereocenters. The first-order valence-electron chi connectivity index (χ1n) is 42.9. The van der Waals surface area contributed by atoms with Gasteiger partial charge in [-0.2, -0.15) is 11.8 Å². The summed E-state index contributed by atoms with van der Waals surface area (Å²) in [4.78, 5) is 206. The van der Waals surface area contributed by atoms with Gasteiger partial charge in [-0.1, -0.05) is 140 Å². The fourth-order valence-electron chi connectivity index (χ4n) is 15.1. The van der Waals surface area contributed by atoms with E-state index in [2.05, 4.69) is 26.2 Å². The molecule has 672 valence electrons. The van der Waals surface area contributed by atoms with Crippen LogP contribution in [0.25, 0.3) is 0 Å². The number of hydrogen-bond donors (Lipinski definition) is 6. The monoisotopic (exact) mass is 1690 g/mol. The lowest BCUT2D eigenvalue weighted by molar-refractivity contribution is -0.157. The third-order valence-corrected chi connectivity index (χ3v) is 23.7. The Balaban J connectivity index is 2.33. The molecule has 3 rings (SSSR count). The Morgan fingerprint density at radius 3 is 1.28 bits per heavy atom. The molecule has 6 N–H and O–H groups in total. The van der Waals surface area contributed by atoms with Crippen LogP contribution in [0.1, 0.15) is 220 Å². The number of nitrogens with one attached hydrogen (secondary N) is 4. The Kier molecular flexibility index (Phi) is 44.3. The van der Waals surface area contributed by atoms with Gasteiger partial charge in [0.05, 0.1) is 6.10 Å². The van der Waals surface area contributed by atoms with Crippen molar-refractivity contribution in [1.82, 2.24) is 70.3 Å². The molecule has 1 aliphatic heterocycles. The maximum atomic E-state index is 15.8. The van der Waals surface area contributed by atoms with Crippen molar-refractivity contribution < 1.29 is 72.5 Å². The molecule has 0 aromatic heterocycles. The Morgan fingerprint density at radius 2 is 0.832 bits per heavy atom. The van der Waals surface area contributed by atoms with Crippen molar-refractivity contribution >= 4 is 88.6 Å². The van der Waals surface area contributed by atoms with Gasteiger partial charge >= 0.3 is 0 Å². The van der Waals surface area contributed by atoms with Crippen molar-refractivity contribution in [3.05, 3.63) is 70.8 Å². The van der Waals surface area contributed by atoms with Gasteiger partial charge in [0.15, 0.2) is 0 Å². The van der Waals surface area contributed by atoms with Crippen molar-refractivity contribution in [2.45, 2.75) is 273 Å². The number of aliphatic hydroxyl groups excluding tert-OH is 2. The summed E-state index contributed by atoms with van der Waals surface area (Å²) in [7, 11) is 16.9. The van der Waals surface area contributed by atoms with Crippen LogP contribution in [0.3, 0.4) is 0 Å². The van der Waals surface area contributed by atoms with E-state index in [9.17, 15) is 39.0 Å². The lowest BCUT2D eigenvalue weighted by Gasteiger charge is -2.41. The summed E-state index contributed by atoms with van der Waals surface area (Å²) in [5.41, 5.74) is 3.15. The Labute approximate surface area is 715 Å². The van der Waals surface area contributed by atoms with E-state index in [1.54, 1.807) is 69.7 Å². The fraction of sp³-hybridized carbons (Fsp3) is 0.719. The van der Waals surface area contributed by atoms with Crippen molar-refractivity contribution in [1.29, 1.82) is 0 Å². The van der Waals surface area contributed by atoms with Crippen molar-refractivity contribution in [2.24, 2.45) is 41.4 Å².